The molecule has 0 saturated heterocycles. The van der Waals surface area contributed by atoms with Crippen molar-refractivity contribution in [3.05, 3.63) is 45.6 Å². The number of hydrogen-bond donors (Lipinski definition) is 1. The van der Waals surface area contributed by atoms with Crippen LogP contribution in [0.4, 0.5) is 5.69 Å². The highest BCUT2D eigenvalue weighted by Gasteiger charge is 2.24. The van der Waals surface area contributed by atoms with Gasteiger partial charge in [-0.25, -0.2) is 0 Å². The van der Waals surface area contributed by atoms with Crippen molar-refractivity contribution >= 4 is 17.0 Å². The number of rotatable bonds is 3. The molecular weight excluding hydrogens is 242 g/mol. The lowest BCUT2D eigenvalue weighted by Crippen LogP contribution is -2.19. The summed E-state index contributed by atoms with van der Waals surface area (Å²) in [7, 11) is 1.75. The maximum absolute atomic E-state index is 5.44. The smallest absolute Gasteiger partial charge is 0.122 e. The number of anilines is 1. The first-order valence-corrected chi connectivity index (χ1v) is 7.11. The molecule has 0 spiro atoms. The van der Waals surface area contributed by atoms with Crippen molar-refractivity contribution in [2.75, 3.05) is 12.4 Å². The van der Waals surface area contributed by atoms with Gasteiger partial charge >= 0.3 is 0 Å². The predicted molar refractivity (Wildman–Crippen MR) is 76.9 cm³/mol. The lowest BCUT2D eigenvalue weighted by molar-refractivity contribution is 0.410. The van der Waals surface area contributed by atoms with Crippen LogP contribution in [0.2, 0.25) is 0 Å². The number of hydrogen-bond acceptors (Lipinski definition) is 3. The molecular formula is C15H17NOS. The zero-order valence-electron chi connectivity index (χ0n) is 10.7. The second kappa shape index (κ2) is 4.65. The second-order valence-corrected chi connectivity index (χ2v) is 5.86. The third kappa shape index (κ3) is 1.99. The van der Waals surface area contributed by atoms with Crippen molar-refractivity contribution in [1.29, 1.82) is 0 Å². The normalized spacial score (nSPS) is 17.6. The van der Waals surface area contributed by atoms with Crippen molar-refractivity contribution in [2.45, 2.75) is 25.8 Å². The van der Waals surface area contributed by atoms with E-state index < -0.39 is 0 Å². The van der Waals surface area contributed by atoms with E-state index in [1.807, 2.05) is 0 Å². The first-order chi connectivity index (χ1) is 8.78. The molecule has 0 bridgehead atoms. The number of methoxy groups -OCH3 is 1. The number of nitrogens with one attached hydrogen (secondary N) is 1. The molecule has 1 aromatic carbocycles. The Kier molecular flexibility index (Phi) is 3.00. The molecule has 3 heteroatoms. The van der Waals surface area contributed by atoms with Crippen LogP contribution in [0.3, 0.4) is 0 Å². The quantitative estimate of drug-likeness (QED) is 0.908. The molecule has 0 aliphatic heterocycles. The monoisotopic (exact) mass is 259 g/mol. The van der Waals surface area contributed by atoms with Crippen LogP contribution in [0.25, 0.3) is 0 Å². The largest absolute Gasteiger partial charge is 0.496 e. The van der Waals surface area contributed by atoms with Gasteiger partial charge < -0.3 is 10.1 Å². The summed E-state index contributed by atoms with van der Waals surface area (Å²) >= 11 is 1.79. The minimum atomic E-state index is 0.490. The molecule has 2 aromatic rings. The summed E-state index contributed by atoms with van der Waals surface area (Å²) in [4.78, 5) is 1.36. The van der Waals surface area contributed by atoms with Crippen molar-refractivity contribution in [3.63, 3.8) is 0 Å². The van der Waals surface area contributed by atoms with E-state index in [4.69, 9.17) is 4.74 Å². The number of aryl methyl sites for hydroxylation is 1. The van der Waals surface area contributed by atoms with Gasteiger partial charge in [-0.15, -0.1) is 11.3 Å². The third-order valence-corrected chi connectivity index (χ3v) is 4.43. The number of thiophene rings is 1. The fourth-order valence-electron chi connectivity index (χ4n) is 2.67. The molecule has 2 nitrogen and oxygen atoms in total. The van der Waals surface area contributed by atoms with Gasteiger partial charge in [-0.05, 0) is 48.4 Å². The van der Waals surface area contributed by atoms with Gasteiger partial charge in [0.05, 0.1) is 7.11 Å². The van der Waals surface area contributed by atoms with E-state index in [0.717, 1.165) is 18.6 Å². The minimum Gasteiger partial charge on any atom is -0.496 e. The van der Waals surface area contributed by atoms with Gasteiger partial charge in [0.1, 0.15) is 5.75 Å². The lowest BCUT2D eigenvalue weighted by atomic mass is 10.1. The van der Waals surface area contributed by atoms with E-state index >= 15 is 0 Å². The minimum absolute atomic E-state index is 0.490. The zero-order chi connectivity index (χ0) is 12.5. The standard InChI is InChI=1S/C15H17NOS/c1-10-14(6-7-18-10)16-12-8-11-4-3-5-15(17-2)13(11)9-12/h3-7,12,16H,8-9H2,1-2H3. The average molecular weight is 259 g/mol. The molecule has 94 valence electrons. The van der Waals surface area contributed by atoms with Crippen molar-refractivity contribution in [2.24, 2.45) is 0 Å². The fourth-order valence-corrected chi connectivity index (χ4v) is 3.33. The second-order valence-electron chi connectivity index (χ2n) is 4.74. The Morgan fingerprint density at radius 3 is 2.89 bits per heavy atom. The van der Waals surface area contributed by atoms with E-state index in [0.29, 0.717) is 6.04 Å². The lowest BCUT2D eigenvalue weighted by Gasteiger charge is -2.13. The van der Waals surface area contributed by atoms with Gasteiger partial charge in [0, 0.05) is 16.6 Å². The van der Waals surface area contributed by atoms with Gasteiger partial charge in [-0.1, -0.05) is 12.1 Å². The van der Waals surface area contributed by atoms with Crippen molar-refractivity contribution in [1.82, 2.24) is 0 Å². The summed E-state index contributed by atoms with van der Waals surface area (Å²) in [6.45, 7) is 2.16. The van der Waals surface area contributed by atoms with Crippen LogP contribution in [0.15, 0.2) is 29.6 Å². The summed E-state index contributed by atoms with van der Waals surface area (Å²) in [5, 5.41) is 5.78. The van der Waals surface area contributed by atoms with Crippen LogP contribution in [-0.2, 0) is 12.8 Å². The molecule has 0 saturated carbocycles. The molecule has 3 rings (SSSR count). The molecule has 1 aliphatic rings. The Balaban J connectivity index is 1.79. The van der Waals surface area contributed by atoms with Crippen LogP contribution in [0, 0.1) is 6.92 Å². The molecule has 1 unspecified atom stereocenters. The van der Waals surface area contributed by atoms with Crippen molar-refractivity contribution < 1.29 is 4.74 Å². The topological polar surface area (TPSA) is 21.3 Å². The summed E-state index contributed by atoms with van der Waals surface area (Å²) < 4.78 is 5.44. The molecule has 1 aromatic heterocycles. The highest BCUT2D eigenvalue weighted by Crippen LogP contribution is 2.32. The van der Waals surface area contributed by atoms with Crippen LogP contribution >= 0.6 is 11.3 Å². The molecule has 1 heterocycles. The zero-order valence-corrected chi connectivity index (χ0v) is 11.5. The van der Waals surface area contributed by atoms with Gasteiger partial charge in [0.15, 0.2) is 0 Å². The Hall–Kier alpha value is -1.48. The molecule has 1 N–H and O–H groups in total. The van der Waals surface area contributed by atoms with Gasteiger partial charge in [0.2, 0.25) is 0 Å². The molecule has 0 radical (unpaired) electrons. The Morgan fingerprint density at radius 2 is 2.17 bits per heavy atom. The predicted octanol–water partition coefficient (Wildman–Crippen LogP) is 3.64. The third-order valence-electron chi connectivity index (χ3n) is 3.59. The Labute approximate surface area is 112 Å². The summed E-state index contributed by atoms with van der Waals surface area (Å²) in [5.74, 6) is 1.03. The van der Waals surface area contributed by atoms with Gasteiger partial charge in [-0.3, -0.25) is 0 Å². The van der Waals surface area contributed by atoms with Crippen LogP contribution in [-0.4, -0.2) is 13.2 Å². The SMILES string of the molecule is COc1cccc2c1CC(Nc1ccsc1C)C2. The van der Waals surface area contributed by atoms with Crippen molar-refractivity contribution in [3.8, 4) is 5.75 Å². The molecule has 18 heavy (non-hydrogen) atoms. The van der Waals surface area contributed by atoms with Gasteiger partial charge in [-0.2, -0.15) is 0 Å². The number of ether oxygens (including phenoxy) is 1. The van der Waals surface area contributed by atoms with E-state index in [2.05, 4.69) is 41.9 Å². The van der Waals surface area contributed by atoms with Crippen LogP contribution in [0.1, 0.15) is 16.0 Å². The maximum Gasteiger partial charge on any atom is 0.122 e. The maximum atomic E-state index is 5.44. The number of benzene rings is 1. The fraction of sp³-hybridized carbons (Fsp3) is 0.333. The molecule has 1 aliphatic carbocycles. The Morgan fingerprint density at radius 1 is 1.28 bits per heavy atom. The Bertz CT molecular complexity index is 561. The molecule has 1 atom stereocenters. The first kappa shape index (κ1) is 11.6. The highest BCUT2D eigenvalue weighted by atomic mass is 32.1. The molecule has 0 fully saturated rings. The summed E-state index contributed by atoms with van der Waals surface area (Å²) in [6.07, 6.45) is 2.14. The average Bonchev–Trinajstić information content (AvgIpc) is 2.95. The highest BCUT2D eigenvalue weighted by molar-refractivity contribution is 7.10. The van der Waals surface area contributed by atoms with E-state index in [1.165, 1.54) is 21.7 Å². The summed E-state index contributed by atoms with van der Waals surface area (Å²) in [5.41, 5.74) is 4.06. The van der Waals surface area contributed by atoms with E-state index in [1.54, 1.807) is 18.4 Å². The van der Waals surface area contributed by atoms with Crippen LogP contribution in [0.5, 0.6) is 5.75 Å². The van der Waals surface area contributed by atoms with E-state index in [-0.39, 0.29) is 0 Å². The van der Waals surface area contributed by atoms with Gasteiger partial charge in [0.25, 0.3) is 0 Å². The molecule has 0 amide bonds. The summed E-state index contributed by atoms with van der Waals surface area (Å²) in [6, 6.07) is 9.00. The number of fused-ring (bicyclic) bond motifs is 1. The van der Waals surface area contributed by atoms with Crippen LogP contribution < -0.4 is 10.1 Å². The first-order valence-electron chi connectivity index (χ1n) is 6.23. The van der Waals surface area contributed by atoms with E-state index in [9.17, 15) is 0 Å².